The minimum atomic E-state index is -3.02. The first kappa shape index (κ1) is 19.5. The first-order valence-electron chi connectivity index (χ1n) is 9.09. The first-order chi connectivity index (χ1) is 12.9. The summed E-state index contributed by atoms with van der Waals surface area (Å²) in [7, 11) is -3.02. The Bertz CT molecular complexity index is 866. The molecule has 0 unspecified atom stereocenters. The second-order valence-electron chi connectivity index (χ2n) is 7.05. The lowest BCUT2D eigenvalue weighted by Crippen LogP contribution is -2.41. The molecule has 0 saturated carbocycles. The fraction of sp³-hybridized carbons (Fsp3) is 0.556. The zero-order valence-corrected chi connectivity index (χ0v) is 16.2. The molecular weight excluding hydrogens is 368 g/mol. The molecule has 2 aromatic heterocycles. The van der Waals surface area contributed by atoms with Crippen molar-refractivity contribution in [3.8, 4) is 11.4 Å². The number of likely N-dealkylation sites (tertiary alicyclic amines) is 1. The highest BCUT2D eigenvalue weighted by Crippen LogP contribution is 2.20. The minimum Gasteiger partial charge on any atom is -0.342 e. The average Bonchev–Trinajstić information content (AvgIpc) is 3.10. The third-order valence-electron chi connectivity index (χ3n) is 4.58. The SMILES string of the molecule is CS(=O)(=O)C[C@H]1CCCN(C(=O)CCCc2nc(-c3cccnc3)no2)C1. The second kappa shape index (κ2) is 8.60. The van der Waals surface area contributed by atoms with E-state index in [2.05, 4.69) is 15.1 Å². The largest absolute Gasteiger partial charge is 0.342 e. The van der Waals surface area contributed by atoms with E-state index < -0.39 is 9.84 Å². The first-order valence-corrected chi connectivity index (χ1v) is 11.2. The summed E-state index contributed by atoms with van der Waals surface area (Å²) in [5, 5.41) is 3.94. The monoisotopic (exact) mass is 392 g/mol. The van der Waals surface area contributed by atoms with Crippen molar-refractivity contribution in [2.45, 2.75) is 32.1 Å². The number of sulfone groups is 1. The number of carbonyl (C=O) groups is 1. The Morgan fingerprint density at radius 2 is 2.26 bits per heavy atom. The van der Waals surface area contributed by atoms with Crippen LogP contribution in [0.15, 0.2) is 29.0 Å². The van der Waals surface area contributed by atoms with Crippen LogP contribution >= 0.6 is 0 Å². The highest BCUT2D eigenvalue weighted by Gasteiger charge is 2.25. The predicted molar refractivity (Wildman–Crippen MR) is 99.5 cm³/mol. The van der Waals surface area contributed by atoms with Crippen molar-refractivity contribution in [2.75, 3.05) is 25.1 Å². The van der Waals surface area contributed by atoms with E-state index in [4.69, 9.17) is 4.52 Å². The minimum absolute atomic E-state index is 0.0377. The van der Waals surface area contributed by atoms with Gasteiger partial charge in [-0.2, -0.15) is 4.98 Å². The number of aromatic nitrogens is 3. The van der Waals surface area contributed by atoms with Crippen LogP contribution in [0.3, 0.4) is 0 Å². The normalized spacial score (nSPS) is 17.8. The van der Waals surface area contributed by atoms with E-state index in [1.165, 1.54) is 6.26 Å². The van der Waals surface area contributed by atoms with Crippen molar-refractivity contribution in [2.24, 2.45) is 5.92 Å². The van der Waals surface area contributed by atoms with Crippen LogP contribution in [0.2, 0.25) is 0 Å². The van der Waals surface area contributed by atoms with Crippen LogP contribution in [0, 0.1) is 5.92 Å². The van der Waals surface area contributed by atoms with Gasteiger partial charge in [-0.3, -0.25) is 9.78 Å². The molecule has 8 nitrogen and oxygen atoms in total. The molecule has 1 fully saturated rings. The van der Waals surface area contributed by atoms with Crippen molar-refractivity contribution >= 4 is 15.7 Å². The maximum absolute atomic E-state index is 12.4. The van der Waals surface area contributed by atoms with Gasteiger partial charge in [-0.05, 0) is 37.3 Å². The number of hydrogen-bond acceptors (Lipinski definition) is 7. The molecular formula is C18H24N4O4S. The van der Waals surface area contributed by atoms with Gasteiger partial charge in [0.05, 0.1) is 5.75 Å². The molecule has 1 aliphatic rings. The van der Waals surface area contributed by atoms with E-state index in [-0.39, 0.29) is 17.6 Å². The topological polar surface area (TPSA) is 106 Å². The van der Waals surface area contributed by atoms with Crippen molar-refractivity contribution < 1.29 is 17.7 Å². The lowest BCUT2D eigenvalue weighted by Gasteiger charge is -2.32. The van der Waals surface area contributed by atoms with Crippen molar-refractivity contribution in [3.63, 3.8) is 0 Å². The third kappa shape index (κ3) is 5.85. The Morgan fingerprint density at radius 3 is 3.00 bits per heavy atom. The van der Waals surface area contributed by atoms with Gasteiger partial charge in [0.15, 0.2) is 0 Å². The van der Waals surface area contributed by atoms with Crippen LogP contribution in [0.1, 0.15) is 31.6 Å². The average molecular weight is 392 g/mol. The molecule has 0 spiro atoms. The van der Waals surface area contributed by atoms with Crippen LogP contribution in [0.5, 0.6) is 0 Å². The molecule has 1 saturated heterocycles. The molecule has 0 aliphatic carbocycles. The van der Waals surface area contributed by atoms with Gasteiger partial charge in [-0.1, -0.05) is 5.16 Å². The fourth-order valence-electron chi connectivity index (χ4n) is 3.37. The lowest BCUT2D eigenvalue weighted by molar-refractivity contribution is -0.132. The number of aryl methyl sites for hydroxylation is 1. The van der Waals surface area contributed by atoms with Crippen molar-refractivity contribution in [3.05, 3.63) is 30.4 Å². The summed E-state index contributed by atoms with van der Waals surface area (Å²) in [5.74, 6) is 1.23. The van der Waals surface area contributed by atoms with Gasteiger partial charge >= 0.3 is 0 Å². The molecule has 1 aliphatic heterocycles. The lowest BCUT2D eigenvalue weighted by atomic mass is 9.99. The quantitative estimate of drug-likeness (QED) is 0.706. The number of carbonyl (C=O) groups excluding carboxylic acids is 1. The van der Waals surface area contributed by atoms with E-state index in [0.29, 0.717) is 44.1 Å². The van der Waals surface area contributed by atoms with Gasteiger partial charge in [0, 0.05) is 50.1 Å². The Morgan fingerprint density at radius 1 is 1.41 bits per heavy atom. The number of nitrogens with zero attached hydrogens (tertiary/aromatic N) is 4. The summed E-state index contributed by atoms with van der Waals surface area (Å²) in [6.45, 7) is 1.22. The summed E-state index contributed by atoms with van der Waals surface area (Å²) in [5.41, 5.74) is 0.786. The third-order valence-corrected chi connectivity index (χ3v) is 5.66. The molecule has 9 heteroatoms. The standard InChI is InChI=1S/C18H24N4O4S/c1-27(24,25)13-14-5-4-10-22(12-14)17(23)8-2-7-16-20-18(21-26-16)15-6-3-9-19-11-15/h3,6,9,11,14H,2,4-5,7-8,10,12-13H2,1H3/t14-/m0/s1. The van der Waals surface area contributed by atoms with Gasteiger partial charge in [-0.15, -0.1) is 0 Å². The van der Waals surface area contributed by atoms with Crippen LogP contribution in [0.25, 0.3) is 11.4 Å². The highest BCUT2D eigenvalue weighted by atomic mass is 32.2. The summed E-state index contributed by atoms with van der Waals surface area (Å²) in [6.07, 6.45) is 7.83. The summed E-state index contributed by atoms with van der Waals surface area (Å²) < 4.78 is 28.2. The Hall–Kier alpha value is -2.29. The van der Waals surface area contributed by atoms with E-state index >= 15 is 0 Å². The molecule has 3 rings (SSSR count). The maximum Gasteiger partial charge on any atom is 0.226 e. The highest BCUT2D eigenvalue weighted by molar-refractivity contribution is 7.90. The molecule has 0 N–H and O–H groups in total. The number of amides is 1. The van der Waals surface area contributed by atoms with Gasteiger partial charge in [0.1, 0.15) is 9.84 Å². The van der Waals surface area contributed by atoms with Gasteiger partial charge in [0.25, 0.3) is 0 Å². The van der Waals surface area contributed by atoms with E-state index in [1.54, 1.807) is 23.4 Å². The molecule has 0 bridgehead atoms. The van der Waals surface area contributed by atoms with Crippen molar-refractivity contribution in [1.82, 2.24) is 20.0 Å². The zero-order chi connectivity index (χ0) is 19.3. The number of pyridine rings is 1. The molecule has 27 heavy (non-hydrogen) atoms. The molecule has 1 amide bonds. The molecule has 146 valence electrons. The maximum atomic E-state index is 12.4. The molecule has 2 aromatic rings. The van der Waals surface area contributed by atoms with E-state index in [1.807, 2.05) is 6.07 Å². The van der Waals surface area contributed by atoms with Gasteiger partial charge in [0.2, 0.25) is 17.6 Å². The molecule has 0 radical (unpaired) electrons. The van der Waals surface area contributed by atoms with Crippen LogP contribution < -0.4 is 0 Å². The smallest absolute Gasteiger partial charge is 0.226 e. The Balaban J connectivity index is 1.46. The Kier molecular flexibility index (Phi) is 6.20. The van der Waals surface area contributed by atoms with Crippen LogP contribution in [-0.2, 0) is 21.1 Å². The second-order valence-corrected chi connectivity index (χ2v) is 9.23. The number of hydrogen-bond donors (Lipinski definition) is 0. The zero-order valence-electron chi connectivity index (χ0n) is 15.4. The van der Waals surface area contributed by atoms with E-state index in [9.17, 15) is 13.2 Å². The predicted octanol–water partition coefficient (Wildman–Crippen LogP) is 1.74. The number of rotatable bonds is 7. The summed E-state index contributed by atoms with van der Waals surface area (Å²) in [4.78, 5) is 22.6. The fourth-order valence-corrected chi connectivity index (χ4v) is 4.50. The van der Waals surface area contributed by atoms with Crippen LogP contribution in [-0.4, -0.2) is 59.4 Å². The van der Waals surface area contributed by atoms with E-state index in [0.717, 1.165) is 18.4 Å². The summed E-state index contributed by atoms with van der Waals surface area (Å²) >= 11 is 0. The number of piperidine rings is 1. The molecule has 3 heterocycles. The molecule has 0 aromatic carbocycles. The van der Waals surface area contributed by atoms with Gasteiger partial charge < -0.3 is 9.42 Å². The van der Waals surface area contributed by atoms with Crippen molar-refractivity contribution in [1.29, 1.82) is 0 Å². The Labute approximate surface area is 158 Å². The summed E-state index contributed by atoms with van der Waals surface area (Å²) in [6, 6.07) is 3.66. The van der Waals surface area contributed by atoms with Gasteiger partial charge in [-0.25, -0.2) is 8.42 Å². The van der Waals surface area contributed by atoms with Crippen LogP contribution in [0.4, 0.5) is 0 Å². The molecule has 1 atom stereocenters.